The minimum atomic E-state index is -0.0788. The lowest BCUT2D eigenvalue weighted by Gasteiger charge is -2.30. The largest absolute Gasteiger partial charge is 0.497 e. The maximum atomic E-state index is 11.9. The lowest BCUT2D eigenvalue weighted by atomic mass is 9.86. The van der Waals surface area contributed by atoms with Crippen LogP contribution in [0.4, 0.5) is 0 Å². The minimum Gasteiger partial charge on any atom is -0.497 e. The van der Waals surface area contributed by atoms with Gasteiger partial charge in [-0.3, -0.25) is 4.79 Å². The van der Waals surface area contributed by atoms with Gasteiger partial charge >= 0.3 is 0 Å². The third kappa shape index (κ3) is 3.47. The van der Waals surface area contributed by atoms with E-state index >= 15 is 0 Å². The van der Waals surface area contributed by atoms with Gasteiger partial charge in [0.05, 0.1) is 13.2 Å². The first-order valence-corrected chi connectivity index (χ1v) is 6.89. The predicted octanol–water partition coefficient (Wildman–Crippen LogP) is 1.67. The molecule has 0 saturated carbocycles. The highest BCUT2D eigenvalue weighted by molar-refractivity contribution is 5.81. The van der Waals surface area contributed by atoms with Gasteiger partial charge < -0.3 is 15.4 Å². The van der Waals surface area contributed by atoms with E-state index in [9.17, 15) is 4.79 Å². The molecule has 4 heteroatoms. The van der Waals surface area contributed by atoms with Crippen molar-refractivity contribution in [3.8, 4) is 5.75 Å². The molecule has 0 aromatic heterocycles. The number of ether oxygens (including phenoxy) is 1. The molecule has 0 spiro atoms. The Kier molecular flexibility index (Phi) is 4.80. The van der Waals surface area contributed by atoms with E-state index in [1.54, 1.807) is 7.11 Å². The van der Waals surface area contributed by atoms with Crippen LogP contribution in [0.2, 0.25) is 0 Å². The van der Waals surface area contributed by atoms with Gasteiger partial charge in [-0.15, -0.1) is 0 Å². The summed E-state index contributed by atoms with van der Waals surface area (Å²) in [5.74, 6) is 1.41. The first kappa shape index (κ1) is 13.9. The average molecular weight is 262 g/mol. The van der Waals surface area contributed by atoms with Crippen molar-refractivity contribution < 1.29 is 9.53 Å². The van der Waals surface area contributed by atoms with E-state index in [-0.39, 0.29) is 11.9 Å². The van der Waals surface area contributed by atoms with Gasteiger partial charge in [0.25, 0.3) is 0 Å². The molecule has 1 aromatic rings. The second-order valence-corrected chi connectivity index (χ2v) is 4.90. The Morgan fingerprint density at radius 2 is 2.37 bits per heavy atom. The molecule has 1 aliphatic rings. The fourth-order valence-electron chi connectivity index (χ4n) is 2.61. The highest BCUT2D eigenvalue weighted by atomic mass is 16.5. The number of methoxy groups -OCH3 is 1. The summed E-state index contributed by atoms with van der Waals surface area (Å²) in [6.45, 7) is 3.50. The fourth-order valence-corrected chi connectivity index (χ4v) is 2.61. The summed E-state index contributed by atoms with van der Waals surface area (Å²) in [4.78, 5) is 11.9. The van der Waals surface area contributed by atoms with Gasteiger partial charge in [0.2, 0.25) is 5.91 Å². The Hall–Kier alpha value is -1.55. The number of hydrogen-bond acceptors (Lipinski definition) is 3. The Bertz CT molecular complexity index is 434. The van der Waals surface area contributed by atoms with Gasteiger partial charge in [0, 0.05) is 6.54 Å². The van der Waals surface area contributed by atoms with E-state index in [2.05, 4.69) is 22.8 Å². The van der Waals surface area contributed by atoms with Crippen LogP contribution in [0.1, 0.15) is 31.2 Å². The van der Waals surface area contributed by atoms with E-state index < -0.39 is 0 Å². The molecule has 19 heavy (non-hydrogen) atoms. The molecule has 2 unspecified atom stereocenters. The van der Waals surface area contributed by atoms with Crippen LogP contribution >= 0.6 is 0 Å². The lowest BCUT2D eigenvalue weighted by Crippen LogP contribution is -2.48. The van der Waals surface area contributed by atoms with E-state index in [0.29, 0.717) is 12.5 Å². The Morgan fingerprint density at radius 3 is 3.11 bits per heavy atom. The highest BCUT2D eigenvalue weighted by Crippen LogP contribution is 2.29. The van der Waals surface area contributed by atoms with Gasteiger partial charge in [-0.2, -0.15) is 0 Å². The van der Waals surface area contributed by atoms with Crippen molar-refractivity contribution in [1.29, 1.82) is 0 Å². The third-order valence-electron chi connectivity index (χ3n) is 3.64. The van der Waals surface area contributed by atoms with Crippen LogP contribution in [0.15, 0.2) is 24.3 Å². The average Bonchev–Trinajstić information content (AvgIpc) is 2.48. The van der Waals surface area contributed by atoms with Crippen molar-refractivity contribution in [2.75, 3.05) is 20.2 Å². The first-order valence-electron chi connectivity index (χ1n) is 6.89. The summed E-state index contributed by atoms with van der Waals surface area (Å²) < 4.78 is 5.26. The number of likely N-dealkylation sites (N-methyl/N-ethyl adjacent to an activating group) is 1. The van der Waals surface area contributed by atoms with Crippen LogP contribution < -0.4 is 15.4 Å². The molecule has 1 amide bonds. The number of rotatable bonds is 4. The van der Waals surface area contributed by atoms with Crippen molar-refractivity contribution in [1.82, 2.24) is 10.6 Å². The summed E-state index contributed by atoms with van der Waals surface area (Å²) in [6.07, 6.45) is 1.90. The number of piperidine rings is 1. The number of amides is 1. The predicted molar refractivity (Wildman–Crippen MR) is 75.4 cm³/mol. The van der Waals surface area contributed by atoms with Gasteiger partial charge in [-0.1, -0.05) is 12.1 Å². The second kappa shape index (κ2) is 6.57. The molecule has 1 aromatic carbocycles. The minimum absolute atomic E-state index is 0.0788. The van der Waals surface area contributed by atoms with Crippen molar-refractivity contribution in [2.24, 2.45) is 0 Å². The smallest absolute Gasteiger partial charge is 0.237 e. The molecule has 1 saturated heterocycles. The van der Waals surface area contributed by atoms with Gasteiger partial charge in [0.15, 0.2) is 0 Å². The monoisotopic (exact) mass is 262 g/mol. The van der Waals surface area contributed by atoms with Crippen LogP contribution in [-0.4, -0.2) is 32.1 Å². The maximum absolute atomic E-state index is 11.9. The van der Waals surface area contributed by atoms with Gasteiger partial charge in [-0.25, -0.2) is 0 Å². The Balaban J connectivity index is 2.05. The van der Waals surface area contributed by atoms with Crippen LogP contribution in [0.3, 0.4) is 0 Å². The second-order valence-electron chi connectivity index (χ2n) is 4.90. The van der Waals surface area contributed by atoms with E-state index in [1.807, 2.05) is 19.1 Å². The van der Waals surface area contributed by atoms with Gasteiger partial charge in [0.1, 0.15) is 5.75 Å². The zero-order chi connectivity index (χ0) is 13.7. The molecule has 104 valence electrons. The topological polar surface area (TPSA) is 50.4 Å². The molecule has 2 N–H and O–H groups in total. The lowest BCUT2D eigenvalue weighted by molar-refractivity contribution is -0.123. The summed E-state index contributed by atoms with van der Waals surface area (Å²) in [6, 6.07) is 8.08. The summed E-state index contributed by atoms with van der Waals surface area (Å²) in [5, 5.41) is 6.17. The van der Waals surface area contributed by atoms with E-state index in [0.717, 1.165) is 25.1 Å². The summed E-state index contributed by atoms with van der Waals surface area (Å²) in [5.41, 5.74) is 1.26. The zero-order valence-electron chi connectivity index (χ0n) is 11.6. The summed E-state index contributed by atoms with van der Waals surface area (Å²) >= 11 is 0. The first-order chi connectivity index (χ1) is 9.24. The number of benzene rings is 1. The number of hydrogen-bond donors (Lipinski definition) is 2. The number of carbonyl (C=O) groups is 1. The molecule has 0 radical (unpaired) electrons. The van der Waals surface area contributed by atoms with Crippen LogP contribution in [0, 0.1) is 0 Å². The third-order valence-corrected chi connectivity index (χ3v) is 3.64. The standard InChI is InChI=1S/C15H22N2O2/c1-3-16-15(18)14-10-12(7-8-17-14)11-5-4-6-13(9-11)19-2/h4-6,9,12,14,17H,3,7-8,10H2,1-2H3,(H,16,18). The number of nitrogens with one attached hydrogen (secondary N) is 2. The molecular formula is C15H22N2O2. The molecule has 0 bridgehead atoms. The quantitative estimate of drug-likeness (QED) is 0.868. The normalized spacial score (nSPS) is 22.8. The summed E-state index contributed by atoms with van der Waals surface area (Å²) in [7, 11) is 1.68. The van der Waals surface area contributed by atoms with Crippen molar-refractivity contribution in [3.63, 3.8) is 0 Å². The highest BCUT2D eigenvalue weighted by Gasteiger charge is 2.27. The molecule has 1 aliphatic heterocycles. The van der Waals surface area contributed by atoms with E-state index in [1.165, 1.54) is 5.56 Å². The molecule has 0 aliphatic carbocycles. The molecule has 1 heterocycles. The van der Waals surface area contributed by atoms with Gasteiger partial charge in [-0.05, 0) is 49.9 Å². The van der Waals surface area contributed by atoms with Crippen molar-refractivity contribution in [3.05, 3.63) is 29.8 Å². The zero-order valence-corrected chi connectivity index (χ0v) is 11.6. The molecule has 1 fully saturated rings. The van der Waals surface area contributed by atoms with Crippen molar-refractivity contribution in [2.45, 2.75) is 31.7 Å². The maximum Gasteiger partial charge on any atom is 0.237 e. The molecule has 4 nitrogen and oxygen atoms in total. The fraction of sp³-hybridized carbons (Fsp3) is 0.533. The number of carbonyl (C=O) groups excluding carboxylic acids is 1. The van der Waals surface area contributed by atoms with Crippen LogP contribution in [0.5, 0.6) is 5.75 Å². The molecule has 2 rings (SSSR count). The Labute approximate surface area is 114 Å². The SMILES string of the molecule is CCNC(=O)C1CC(c2cccc(OC)c2)CCN1. The van der Waals surface area contributed by atoms with Crippen molar-refractivity contribution >= 4 is 5.91 Å². The van der Waals surface area contributed by atoms with E-state index in [4.69, 9.17) is 4.74 Å². The molecule has 2 atom stereocenters. The van der Waals surface area contributed by atoms with Crippen LogP contribution in [-0.2, 0) is 4.79 Å². The van der Waals surface area contributed by atoms with Crippen LogP contribution in [0.25, 0.3) is 0 Å². The Morgan fingerprint density at radius 1 is 1.53 bits per heavy atom. The molecular weight excluding hydrogens is 240 g/mol.